The molecule has 1 aromatic carbocycles. The van der Waals surface area contributed by atoms with Gasteiger partial charge in [-0.05, 0) is 13.3 Å². The van der Waals surface area contributed by atoms with Gasteiger partial charge in [0, 0.05) is 30.9 Å². The van der Waals surface area contributed by atoms with Crippen molar-refractivity contribution in [1.29, 1.82) is 0 Å². The standard InChI is InChI=1S/C14H17NO5/c1-2-20-14(17)9-5-7-12(16)10-11-6-3-4-8-13(11)15(18)19/h3-4,6,8H,2,5,7,9-10H2,1H3. The van der Waals surface area contributed by atoms with Crippen LogP contribution in [0.2, 0.25) is 0 Å². The van der Waals surface area contributed by atoms with Crippen LogP contribution in [-0.2, 0) is 20.7 Å². The number of carbonyl (C=O) groups excluding carboxylic acids is 2. The summed E-state index contributed by atoms with van der Waals surface area (Å²) >= 11 is 0. The summed E-state index contributed by atoms with van der Waals surface area (Å²) in [5.74, 6) is -0.449. The maximum absolute atomic E-state index is 11.8. The molecule has 0 aliphatic rings. The van der Waals surface area contributed by atoms with Crippen LogP contribution < -0.4 is 0 Å². The first kappa shape index (κ1) is 15.8. The molecule has 0 saturated heterocycles. The predicted octanol–water partition coefficient (Wildman–Crippen LogP) is 2.44. The number of benzene rings is 1. The minimum Gasteiger partial charge on any atom is -0.466 e. The lowest BCUT2D eigenvalue weighted by molar-refractivity contribution is -0.385. The van der Waals surface area contributed by atoms with Gasteiger partial charge < -0.3 is 4.74 Å². The van der Waals surface area contributed by atoms with E-state index in [0.29, 0.717) is 18.6 Å². The fourth-order valence-electron chi connectivity index (χ4n) is 1.80. The maximum Gasteiger partial charge on any atom is 0.305 e. The molecule has 6 heteroatoms. The Hall–Kier alpha value is -2.24. The number of esters is 1. The molecule has 108 valence electrons. The van der Waals surface area contributed by atoms with Gasteiger partial charge in [-0.15, -0.1) is 0 Å². The second kappa shape index (κ2) is 8.04. The van der Waals surface area contributed by atoms with E-state index < -0.39 is 4.92 Å². The SMILES string of the molecule is CCOC(=O)CCCC(=O)Cc1ccccc1[N+](=O)[O-]. The van der Waals surface area contributed by atoms with Crippen molar-refractivity contribution in [1.82, 2.24) is 0 Å². The number of hydrogen-bond acceptors (Lipinski definition) is 5. The summed E-state index contributed by atoms with van der Waals surface area (Å²) in [7, 11) is 0. The summed E-state index contributed by atoms with van der Waals surface area (Å²) < 4.78 is 4.75. The summed E-state index contributed by atoms with van der Waals surface area (Å²) in [5.41, 5.74) is 0.352. The number of nitro groups is 1. The third-order valence-corrected chi connectivity index (χ3v) is 2.72. The zero-order valence-electron chi connectivity index (χ0n) is 11.3. The van der Waals surface area contributed by atoms with Gasteiger partial charge in [-0.2, -0.15) is 0 Å². The second-order valence-electron chi connectivity index (χ2n) is 4.26. The largest absolute Gasteiger partial charge is 0.466 e. The summed E-state index contributed by atoms with van der Waals surface area (Å²) in [5, 5.41) is 10.8. The van der Waals surface area contributed by atoms with E-state index >= 15 is 0 Å². The number of para-hydroxylation sites is 1. The van der Waals surface area contributed by atoms with Crippen LogP contribution >= 0.6 is 0 Å². The van der Waals surface area contributed by atoms with Crippen LogP contribution in [0.1, 0.15) is 31.7 Å². The van der Waals surface area contributed by atoms with Gasteiger partial charge in [-0.3, -0.25) is 19.7 Å². The highest BCUT2D eigenvalue weighted by Crippen LogP contribution is 2.19. The molecule has 6 nitrogen and oxygen atoms in total. The smallest absolute Gasteiger partial charge is 0.305 e. The minimum atomic E-state index is -0.499. The molecular formula is C14H17NO5. The van der Waals surface area contributed by atoms with Crippen LogP contribution in [0.3, 0.4) is 0 Å². The number of carbonyl (C=O) groups is 2. The summed E-state index contributed by atoms with van der Waals surface area (Å²) in [6.07, 6.45) is 0.819. The fraction of sp³-hybridized carbons (Fsp3) is 0.429. The number of ether oxygens (including phenoxy) is 1. The monoisotopic (exact) mass is 279 g/mol. The number of rotatable bonds is 8. The third-order valence-electron chi connectivity index (χ3n) is 2.72. The predicted molar refractivity (Wildman–Crippen MR) is 72.3 cm³/mol. The first-order valence-corrected chi connectivity index (χ1v) is 6.44. The quantitative estimate of drug-likeness (QED) is 0.414. The van der Waals surface area contributed by atoms with Gasteiger partial charge in [0.25, 0.3) is 5.69 Å². The Bertz CT molecular complexity index is 498. The van der Waals surface area contributed by atoms with Gasteiger partial charge in [-0.1, -0.05) is 18.2 Å². The van der Waals surface area contributed by atoms with Crippen LogP contribution in [0.25, 0.3) is 0 Å². The van der Waals surface area contributed by atoms with Gasteiger partial charge >= 0.3 is 5.97 Å². The summed E-state index contributed by atoms with van der Waals surface area (Å²) in [4.78, 5) is 33.2. The van der Waals surface area contributed by atoms with Crippen molar-refractivity contribution >= 4 is 17.4 Å². The van der Waals surface area contributed by atoms with Crippen molar-refractivity contribution in [3.05, 3.63) is 39.9 Å². The molecule has 1 rings (SSSR count). The van der Waals surface area contributed by atoms with Gasteiger partial charge in [0.05, 0.1) is 11.5 Å². The summed E-state index contributed by atoms with van der Waals surface area (Å²) in [6.45, 7) is 2.04. The highest BCUT2D eigenvalue weighted by molar-refractivity contribution is 5.82. The van der Waals surface area contributed by atoms with Crippen molar-refractivity contribution in [2.24, 2.45) is 0 Å². The number of hydrogen-bond donors (Lipinski definition) is 0. The molecular weight excluding hydrogens is 262 g/mol. The van der Waals surface area contributed by atoms with Crippen molar-refractivity contribution in [3.8, 4) is 0 Å². The van der Waals surface area contributed by atoms with Crippen LogP contribution in [0.4, 0.5) is 5.69 Å². The molecule has 0 aromatic heterocycles. The molecule has 0 spiro atoms. The first-order valence-electron chi connectivity index (χ1n) is 6.44. The molecule has 0 amide bonds. The van der Waals surface area contributed by atoms with Crippen molar-refractivity contribution in [2.45, 2.75) is 32.6 Å². The molecule has 0 bridgehead atoms. The second-order valence-corrected chi connectivity index (χ2v) is 4.26. The van der Waals surface area contributed by atoms with E-state index in [9.17, 15) is 19.7 Å². The lowest BCUT2D eigenvalue weighted by atomic mass is 10.0. The van der Waals surface area contributed by atoms with Crippen LogP contribution in [0.15, 0.2) is 24.3 Å². The molecule has 0 atom stereocenters. The molecule has 0 unspecified atom stereocenters. The van der Waals surface area contributed by atoms with E-state index in [1.165, 1.54) is 6.07 Å². The normalized spacial score (nSPS) is 10.1. The molecule has 0 radical (unpaired) electrons. The van der Waals surface area contributed by atoms with Gasteiger partial charge in [-0.25, -0.2) is 0 Å². The van der Waals surface area contributed by atoms with Crippen molar-refractivity contribution in [2.75, 3.05) is 6.61 Å². The first-order chi connectivity index (χ1) is 9.54. The average Bonchev–Trinajstić information content (AvgIpc) is 2.39. The Labute approximate surface area is 116 Å². The van der Waals surface area contributed by atoms with Crippen LogP contribution in [0, 0.1) is 10.1 Å². The number of Topliss-reactive ketones (excluding diaryl/α,β-unsaturated/α-hetero) is 1. The molecule has 0 heterocycles. The third kappa shape index (κ3) is 5.17. The Balaban J connectivity index is 2.47. The zero-order chi connectivity index (χ0) is 15.0. The van der Waals surface area contributed by atoms with E-state index in [-0.39, 0.29) is 36.7 Å². The van der Waals surface area contributed by atoms with Gasteiger partial charge in [0.2, 0.25) is 0 Å². The molecule has 0 saturated carbocycles. The van der Waals surface area contributed by atoms with Gasteiger partial charge in [0.15, 0.2) is 0 Å². The lowest BCUT2D eigenvalue weighted by Gasteiger charge is -2.03. The molecule has 0 aliphatic heterocycles. The van der Waals surface area contributed by atoms with Crippen molar-refractivity contribution < 1.29 is 19.2 Å². The Morgan fingerprint density at radius 2 is 1.95 bits per heavy atom. The fourth-order valence-corrected chi connectivity index (χ4v) is 1.80. The van der Waals surface area contributed by atoms with E-state index in [4.69, 9.17) is 4.74 Å². The van der Waals surface area contributed by atoms with Crippen LogP contribution in [0.5, 0.6) is 0 Å². The van der Waals surface area contributed by atoms with E-state index in [1.54, 1.807) is 25.1 Å². The minimum absolute atomic E-state index is 0.0139. The topological polar surface area (TPSA) is 86.5 Å². The summed E-state index contributed by atoms with van der Waals surface area (Å²) in [6, 6.07) is 6.17. The van der Waals surface area contributed by atoms with Gasteiger partial charge in [0.1, 0.15) is 5.78 Å². The number of nitrogens with zero attached hydrogens (tertiary/aromatic N) is 1. The average molecular weight is 279 g/mol. The number of nitro benzene ring substituents is 1. The molecule has 0 N–H and O–H groups in total. The lowest BCUT2D eigenvalue weighted by Crippen LogP contribution is -2.08. The number of ketones is 1. The molecule has 20 heavy (non-hydrogen) atoms. The van der Waals surface area contributed by atoms with E-state index in [2.05, 4.69) is 0 Å². The van der Waals surface area contributed by atoms with Crippen LogP contribution in [-0.4, -0.2) is 23.3 Å². The highest BCUT2D eigenvalue weighted by atomic mass is 16.6. The highest BCUT2D eigenvalue weighted by Gasteiger charge is 2.15. The van der Waals surface area contributed by atoms with E-state index in [0.717, 1.165) is 0 Å². The molecule has 1 aromatic rings. The van der Waals surface area contributed by atoms with E-state index in [1.807, 2.05) is 0 Å². The Kier molecular flexibility index (Phi) is 6.36. The Morgan fingerprint density at radius 3 is 2.60 bits per heavy atom. The maximum atomic E-state index is 11.8. The van der Waals surface area contributed by atoms with Crippen molar-refractivity contribution in [3.63, 3.8) is 0 Å². The molecule has 0 aliphatic carbocycles. The zero-order valence-corrected chi connectivity index (χ0v) is 11.3. The molecule has 0 fully saturated rings. The Morgan fingerprint density at radius 1 is 1.25 bits per heavy atom.